The van der Waals surface area contributed by atoms with E-state index in [2.05, 4.69) is 55.7 Å². The maximum atomic E-state index is 14.8. The molecule has 7 nitrogen and oxygen atoms in total. The second kappa shape index (κ2) is 14.6. The van der Waals surface area contributed by atoms with E-state index in [0.717, 1.165) is 53.9 Å². The number of nitrogens with zero attached hydrogens (tertiary/aromatic N) is 2. The molecule has 11 heteroatoms. The molecular formula is C32H38F4N4O3. The van der Waals surface area contributed by atoms with Gasteiger partial charge in [0.2, 0.25) is 0 Å². The molecule has 1 atom stereocenters. The molecule has 1 aliphatic rings. The number of hydrogen-bond donors (Lipinski definition) is 2. The minimum absolute atomic E-state index is 0.128. The third-order valence-corrected chi connectivity index (χ3v) is 6.66. The first-order valence-corrected chi connectivity index (χ1v) is 13.9. The van der Waals surface area contributed by atoms with E-state index >= 15 is 0 Å². The molecule has 232 valence electrons. The fourth-order valence-electron chi connectivity index (χ4n) is 4.80. The van der Waals surface area contributed by atoms with Crippen molar-refractivity contribution in [1.82, 2.24) is 15.5 Å². The number of carboxylic acids is 1. The van der Waals surface area contributed by atoms with Gasteiger partial charge >= 0.3 is 6.18 Å². The molecule has 1 heterocycles. The van der Waals surface area contributed by atoms with Gasteiger partial charge in [0.25, 0.3) is 5.91 Å². The number of quaternary nitrogens is 1. The first kappa shape index (κ1) is 33.7. The van der Waals surface area contributed by atoms with Crippen LogP contribution in [0.4, 0.5) is 17.6 Å². The Morgan fingerprint density at radius 1 is 1.00 bits per heavy atom. The number of piperazine rings is 1. The Morgan fingerprint density at radius 3 is 2.33 bits per heavy atom. The third-order valence-electron chi connectivity index (χ3n) is 6.66. The number of alkyl halides is 3. The van der Waals surface area contributed by atoms with Gasteiger partial charge in [0.05, 0.1) is 21.1 Å². The number of carboxylic acid groups (broad SMARTS) is 1. The van der Waals surface area contributed by atoms with Crippen molar-refractivity contribution in [2.75, 3.05) is 40.8 Å². The predicted octanol–water partition coefficient (Wildman–Crippen LogP) is 3.72. The Hall–Kier alpha value is -3.80. The van der Waals surface area contributed by atoms with Gasteiger partial charge in [-0.2, -0.15) is 13.2 Å². The van der Waals surface area contributed by atoms with Crippen LogP contribution in [0, 0.1) is 5.82 Å². The Labute approximate surface area is 249 Å². The van der Waals surface area contributed by atoms with Crippen LogP contribution >= 0.6 is 0 Å². The average Bonchev–Trinajstić information content (AvgIpc) is 2.91. The number of hydrogen-bond acceptors (Lipinski definition) is 5. The van der Waals surface area contributed by atoms with Crippen molar-refractivity contribution >= 4 is 11.9 Å². The smallest absolute Gasteiger partial charge is 0.430 e. The fraction of sp³-hybridized carbons (Fsp3) is 0.375. The molecule has 0 aliphatic carbocycles. The summed E-state index contributed by atoms with van der Waals surface area (Å²) in [4.78, 5) is 24.0. The third kappa shape index (κ3) is 11.1. The van der Waals surface area contributed by atoms with Crippen LogP contribution in [0.3, 0.4) is 0 Å². The van der Waals surface area contributed by atoms with Crippen molar-refractivity contribution in [2.24, 2.45) is 0 Å². The van der Waals surface area contributed by atoms with Crippen molar-refractivity contribution in [3.63, 3.8) is 0 Å². The van der Waals surface area contributed by atoms with Gasteiger partial charge in [-0.15, -0.1) is 0 Å². The lowest BCUT2D eigenvalue weighted by atomic mass is 10.00. The summed E-state index contributed by atoms with van der Waals surface area (Å²) in [5, 5.41) is 15.2. The van der Waals surface area contributed by atoms with Crippen molar-refractivity contribution in [3.05, 3.63) is 94.8 Å². The molecule has 0 saturated carbocycles. The zero-order valence-electron chi connectivity index (χ0n) is 24.8. The van der Waals surface area contributed by atoms with Crippen molar-refractivity contribution in [1.29, 1.82) is 0 Å². The van der Waals surface area contributed by atoms with Crippen LogP contribution in [0.2, 0.25) is 0 Å². The molecule has 4 rings (SSSR count). The second-order valence-corrected chi connectivity index (χ2v) is 11.7. The Bertz CT molecular complexity index is 1410. The first-order valence-electron chi connectivity index (χ1n) is 13.9. The van der Waals surface area contributed by atoms with Crippen molar-refractivity contribution in [2.45, 2.75) is 38.8 Å². The van der Waals surface area contributed by atoms with E-state index in [-0.39, 0.29) is 11.7 Å². The van der Waals surface area contributed by atoms with Crippen LogP contribution in [0.15, 0.2) is 66.7 Å². The number of aliphatic carboxylic acids is 1. The zero-order chi connectivity index (χ0) is 31.8. The number of amides is 1. The predicted molar refractivity (Wildman–Crippen MR) is 155 cm³/mol. The summed E-state index contributed by atoms with van der Waals surface area (Å²) in [5.41, 5.74) is 5.21. The maximum Gasteiger partial charge on any atom is 0.430 e. The molecule has 0 radical (unpaired) electrons. The monoisotopic (exact) mass is 602 g/mol. The SMILES string of the molecule is C[C@H]1CN(Cc2cccc(-c3cc(CNC(=O)c4cccc(C[N+](C)(C)C)c4)ccc3F)c2)CCN1.O=C([O-])C(F)(F)F. The Morgan fingerprint density at radius 2 is 1.67 bits per heavy atom. The molecule has 0 unspecified atom stereocenters. The average molecular weight is 603 g/mol. The minimum Gasteiger partial charge on any atom is -0.542 e. The standard InChI is InChI=1S/C30H37FN4O.C2HF3O2/c1-22-19-34(14-13-32-22)20-24-7-5-9-26(15-24)28-17-23(11-12-29(28)31)18-33-30(36)27-10-6-8-25(16-27)21-35(2,3)4;3-2(4,5)1(6)7/h5-12,15-17,22,32H,13-14,18-21H2,1-4H3;(H,6,7)/t22-;/m0./s1. The molecule has 1 amide bonds. The molecule has 3 aromatic rings. The summed E-state index contributed by atoms with van der Waals surface area (Å²) in [6, 6.07) is 21.4. The fourth-order valence-corrected chi connectivity index (χ4v) is 4.80. The summed E-state index contributed by atoms with van der Waals surface area (Å²) < 4.78 is 47.2. The topological polar surface area (TPSA) is 84.5 Å². The van der Waals surface area contributed by atoms with E-state index in [0.29, 0.717) is 23.7 Å². The van der Waals surface area contributed by atoms with Crippen molar-refractivity contribution < 1.29 is 36.7 Å². The van der Waals surface area contributed by atoms with Gasteiger partial charge in [-0.05, 0) is 53.9 Å². The van der Waals surface area contributed by atoms with Gasteiger partial charge in [-0.25, -0.2) is 4.39 Å². The van der Waals surface area contributed by atoms with Gasteiger partial charge in [0.1, 0.15) is 18.3 Å². The highest BCUT2D eigenvalue weighted by Gasteiger charge is 2.28. The Balaban J connectivity index is 0.000000646. The number of carbonyl (C=O) groups is 2. The molecule has 1 aliphatic heterocycles. The zero-order valence-corrected chi connectivity index (χ0v) is 24.8. The summed E-state index contributed by atoms with van der Waals surface area (Å²) in [7, 11) is 6.38. The van der Waals surface area contributed by atoms with E-state index in [1.165, 1.54) is 11.6 Å². The largest absolute Gasteiger partial charge is 0.542 e. The van der Waals surface area contributed by atoms with E-state index < -0.39 is 12.1 Å². The molecule has 2 N–H and O–H groups in total. The molecule has 0 spiro atoms. The van der Waals surface area contributed by atoms with Gasteiger partial charge in [-0.1, -0.05) is 36.4 Å². The van der Waals surface area contributed by atoms with Crippen LogP contribution in [0.5, 0.6) is 0 Å². The molecule has 3 aromatic carbocycles. The number of halogens is 4. The van der Waals surface area contributed by atoms with Gasteiger partial charge in [-0.3, -0.25) is 9.69 Å². The van der Waals surface area contributed by atoms with Crippen LogP contribution in [0.25, 0.3) is 11.1 Å². The van der Waals surface area contributed by atoms with Crippen LogP contribution in [0.1, 0.15) is 34.0 Å². The summed E-state index contributed by atoms with van der Waals surface area (Å²) in [5.74, 6) is -3.39. The number of carbonyl (C=O) groups excluding carboxylic acids is 2. The van der Waals surface area contributed by atoms with Crippen LogP contribution < -0.4 is 15.7 Å². The highest BCUT2D eigenvalue weighted by Crippen LogP contribution is 2.26. The molecule has 0 aromatic heterocycles. The highest BCUT2D eigenvalue weighted by molar-refractivity contribution is 5.94. The van der Waals surface area contributed by atoms with Gasteiger partial charge < -0.3 is 25.0 Å². The maximum absolute atomic E-state index is 14.8. The van der Waals surface area contributed by atoms with E-state index in [1.807, 2.05) is 42.5 Å². The summed E-state index contributed by atoms with van der Waals surface area (Å²) in [6.07, 6.45) is -5.19. The van der Waals surface area contributed by atoms with E-state index in [9.17, 15) is 22.4 Å². The first-order chi connectivity index (χ1) is 20.1. The lowest BCUT2D eigenvalue weighted by Crippen LogP contribution is -2.48. The number of rotatable bonds is 8. The number of benzene rings is 3. The lowest BCUT2D eigenvalue weighted by Gasteiger charge is -2.31. The number of nitrogens with one attached hydrogen (secondary N) is 2. The molecule has 43 heavy (non-hydrogen) atoms. The van der Waals surface area contributed by atoms with E-state index in [1.54, 1.807) is 6.07 Å². The normalized spacial score (nSPS) is 15.8. The summed E-state index contributed by atoms with van der Waals surface area (Å²) >= 11 is 0. The molecular weight excluding hydrogens is 564 g/mol. The van der Waals surface area contributed by atoms with Crippen LogP contribution in [-0.2, 0) is 24.4 Å². The lowest BCUT2D eigenvalue weighted by molar-refractivity contribution is -0.884. The van der Waals surface area contributed by atoms with Gasteiger partial charge in [0.15, 0.2) is 0 Å². The van der Waals surface area contributed by atoms with Gasteiger partial charge in [0, 0.05) is 55.5 Å². The second-order valence-electron chi connectivity index (χ2n) is 11.7. The summed E-state index contributed by atoms with van der Waals surface area (Å²) in [6.45, 7) is 7.24. The highest BCUT2D eigenvalue weighted by atomic mass is 19.4. The van der Waals surface area contributed by atoms with Crippen LogP contribution in [-0.4, -0.2) is 74.3 Å². The molecule has 1 saturated heterocycles. The minimum atomic E-state index is -5.19. The molecule has 1 fully saturated rings. The Kier molecular flexibility index (Phi) is 11.4. The van der Waals surface area contributed by atoms with E-state index in [4.69, 9.17) is 9.90 Å². The van der Waals surface area contributed by atoms with Crippen molar-refractivity contribution in [3.8, 4) is 11.1 Å². The quantitative estimate of drug-likeness (QED) is 0.304. The molecule has 0 bridgehead atoms.